The van der Waals surface area contributed by atoms with Crippen molar-refractivity contribution in [1.82, 2.24) is 9.71 Å². The number of nitrogens with zero attached hydrogens (tertiary/aromatic N) is 2. The normalized spacial score (nSPS) is 12.1. The van der Waals surface area contributed by atoms with Crippen LogP contribution in [0, 0.1) is 0 Å². The number of nitrogens with one attached hydrogen (secondary N) is 2. The molecule has 0 aliphatic rings. The lowest BCUT2D eigenvalue weighted by atomic mass is 10.2. The van der Waals surface area contributed by atoms with Crippen LogP contribution in [0.3, 0.4) is 0 Å². The summed E-state index contributed by atoms with van der Waals surface area (Å²) in [7, 11) is -4.00. The third-order valence-corrected chi connectivity index (χ3v) is 7.17. The number of hydrazone groups is 1. The lowest BCUT2D eigenvalue weighted by Gasteiger charge is -2.08. The molecule has 9 nitrogen and oxygen atoms in total. The van der Waals surface area contributed by atoms with Crippen molar-refractivity contribution in [2.24, 2.45) is 10.8 Å². The van der Waals surface area contributed by atoms with Crippen molar-refractivity contribution in [2.45, 2.75) is 24.7 Å². The largest absolute Gasteiger partial charge is 0.455 e. The van der Waals surface area contributed by atoms with Gasteiger partial charge < -0.3 is 10.2 Å². The number of nitrogens with two attached hydrogens (primary N) is 1. The minimum Gasteiger partial charge on any atom is -0.455 e. The van der Waals surface area contributed by atoms with Gasteiger partial charge >= 0.3 is 0 Å². The van der Waals surface area contributed by atoms with E-state index in [1.807, 2.05) is 24.3 Å². The highest BCUT2D eigenvalue weighted by atomic mass is 32.2. The molecule has 4 rings (SSSR count). The monoisotopic (exact) mass is 497 g/mol. The fraction of sp³-hybridized carbons (Fsp3) is 0.174. The number of carbonyl (C=O) groups excluding carboxylic acids is 1. The summed E-state index contributed by atoms with van der Waals surface area (Å²) in [4.78, 5) is 16.3. The second-order valence-electron chi connectivity index (χ2n) is 7.41. The average molecular weight is 498 g/mol. The first-order valence-electron chi connectivity index (χ1n) is 10.5. The predicted molar refractivity (Wildman–Crippen MR) is 133 cm³/mol. The number of carbonyl (C=O) groups is 1. The number of hydrogen-bond acceptors (Lipinski definition) is 9. The zero-order valence-corrected chi connectivity index (χ0v) is 19.9. The van der Waals surface area contributed by atoms with E-state index in [1.165, 1.54) is 23.5 Å². The number of rotatable bonds is 9. The van der Waals surface area contributed by atoms with Gasteiger partial charge in [0.1, 0.15) is 11.5 Å². The number of aromatic nitrogens is 1. The molecule has 0 spiro atoms. The average Bonchev–Trinajstić information content (AvgIpc) is 3.48. The number of anilines is 1. The second-order valence-corrected chi connectivity index (χ2v) is 10.1. The summed E-state index contributed by atoms with van der Waals surface area (Å²) < 4.78 is 34.1. The van der Waals surface area contributed by atoms with Crippen LogP contribution >= 0.6 is 11.3 Å². The van der Waals surface area contributed by atoms with E-state index in [-0.39, 0.29) is 11.3 Å². The molecule has 34 heavy (non-hydrogen) atoms. The summed E-state index contributed by atoms with van der Waals surface area (Å²) in [6.45, 7) is 2.10. The third-order valence-electron chi connectivity index (χ3n) is 4.86. The molecule has 0 saturated carbocycles. The van der Waals surface area contributed by atoms with E-state index < -0.39 is 15.9 Å². The molecule has 0 saturated heterocycles. The first-order chi connectivity index (χ1) is 16.4. The lowest BCUT2D eigenvalue weighted by molar-refractivity contribution is -0.119. The van der Waals surface area contributed by atoms with Crippen LogP contribution in [0.4, 0.5) is 5.13 Å². The molecular formula is C23H23N5O4S2. The van der Waals surface area contributed by atoms with Crippen LogP contribution in [-0.2, 0) is 14.8 Å². The molecule has 0 fully saturated rings. The molecule has 1 amide bonds. The zero-order valence-electron chi connectivity index (χ0n) is 18.3. The summed E-state index contributed by atoms with van der Waals surface area (Å²) in [5.41, 5.74) is 10.4. The van der Waals surface area contributed by atoms with Crippen LogP contribution in [-0.4, -0.2) is 31.6 Å². The van der Waals surface area contributed by atoms with Gasteiger partial charge in [0.15, 0.2) is 5.76 Å². The topological polar surface area (TPSA) is 140 Å². The molecule has 2 heterocycles. The van der Waals surface area contributed by atoms with E-state index in [9.17, 15) is 13.2 Å². The van der Waals surface area contributed by atoms with Gasteiger partial charge in [-0.3, -0.25) is 10.2 Å². The Bertz CT molecular complexity index is 1420. The van der Waals surface area contributed by atoms with Gasteiger partial charge in [0.05, 0.1) is 15.1 Å². The van der Waals surface area contributed by atoms with Crippen molar-refractivity contribution in [3.63, 3.8) is 0 Å². The minimum absolute atomic E-state index is 0.0352. The Hall–Kier alpha value is -3.54. The maximum absolute atomic E-state index is 12.6. The van der Waals surface area contributed by atoms with Crippen LogP contribution in [0.5, 0.6) is 0 Å². The van der Waals surface area contributed by atoms with Crippen LogP contribution in [0.15, 0.2) is 75.1 Å². The highest BCUT2D eigenvalue weighted by Gasteiger charge is 2.18. The Labute approximate surface area is 200 Å². The quantitative estimate of drug-likeness (QED) is 0.235. The van der Waals surface area contributed by atoms with Crippen molar-refractivity contribution in [1.29, 1.82) is 0 Å². The molecule has 0 aliphatic heterocycles. The molecule has 2 aromatic carbocycles. The summed E-state index contributed by atoms with van der Waals surface area (Å²) >= 11 is 1.50. The van der Waals surface area contributed by atoms with Gasteiger partial charge in [-0.05, 0) is 56.3 Å². The first-order valence-corrected chi connectivity index (χ1v) is 12.8. The molecule has 4 aromatic rings. The van der Waals surface area contributed by atoms with Gasteiger partial charge in [0.2, 0.25) is 11.0 Å². The number of amides is 1. The summed E-state index contributed by atoms with van der Waals surface area (Å²) in [6.07, 6.45) is 0.450. The molecule has 0 unspecified atom stereocenters. The molecule has 176 valence electrons. The molecule has 2 aromatic heterocycles. The van der Waals surface area contributed by atoms with Gasteiger partial charge in [0, 0.05) is 12.0 Å². The number of benzene rings is 2. The fourth-order valence-electron chi connectivity index (χ4n) is 3.13. The van der Waals surface area contributed by atoms with Crippen molar-refractivity contribution in [2.75, 3.05) is 12.0 Å². The van der Waals surface area contributed by atoms with Crippen molar-refractivity contribution < 1.29 is 17.6 Å². The van der Waals surface area contributed by atoms with Crippen LogP contribution in [0.1, 0.15) is 25.5 Å². The molecule has 0 aliphatic carbocycles. The Balaban J connectivity index is 1.49. The molecular weight excluding hydrogens is 474 g/mol. The van der Waals surface area contributed by atoms with Crippen LogP contribution in [0.2, 0.25) is 0 Å². The summed E-state index contributed by atoms with van der Waals surface area (Å²) in [6, 6.07) is 17.5. The van der Waals surface area contributed by atoms with Gasteiger partial charge in [-0.25, -0.2) is 18.1 Å². The van der Waals surface area contributed by atoms with Crippen LogP contribution in [0.25, 0.3) is 21.5 Å². The lowest BCUT2D eigenvalue weighted by Crippen LogP contribution is -2.30. The van der Waals surface area contributed by atoms with E-state index in [4.69, 9.17) is 10.2 Å². The highest BCUT2D eigenvalue weighted by molar-refractivity contribution is 7.90. The number of para-hydroxylation sites is 1. The van der Waals surface area contributed by atoms with Gasteiger partial charge in [-0.1, -0.05) is 35.6 Å². The number of thiazole rings is 1. The predicted octanol–water partition coefficient (Wildman–Crippen LogP) is 3.94. The SMILES string of the molecule is C/C(=N\Nc1nc2ccccc2s1)c1ccc(-c2cccc(S(=O)(=O)NC(=O)CCCN)c2)o1. The minimum atomic E-state index is -4.00. The first kappa shape index (κ1) is 23.6. The van der Waals surface area contributed by atoms with E-state index in [0.717, 1.165) is 10.2 Å². The molecule has 4 N–H and O–H groups in total. The smallest absolute Gasteiger partial charge is 0.264 e. The Morgan fingerprint density at radius 1 is 1.15 bits per heavy atom. The van der Waals surface area contributed by atoms with E-state index in [1.54, 1.807) is 31.2 Å². The number of hydrogen-bond donors (Lipinski definition) is 3. The van der Waals surface area contributed by atoms with E-state index in [2.05, 4.69) is 20.2 Å². The standard InChI is InChI=1S/C23H23N5O4S2/c1-15(26-27-23-25-18-8-2-3-9-21(18)33-23)19-11-12-20(32-19)16-6-4-7-17(14-16)34(30,31)28-22(29)10-5-13-24/h2-4,6-9,11-12,14H,5,10,13,24H2,1H3,(H,25,27)(H,28,29)/b26-15+. The molecule has 0 radical (unpaired) electrons. The fourth-order valence-corrected chi connectivity index (χ4v) is 5.00. The van der Waals surface area contributed by atoms with Crippen LogP contribution < -0.4 is 15.9 Å². The van der Waals surface area contributed by atoms with E-state index in [0.29, 0.717) is 40.9 Å². The third kappa shape index (κ3) is 5.50. The van der Waals surface area contributed by atoms with Gasteiger partial charge in [0.25, 0.3) is 10.0 Å². The highest BCUT2D eigenvalue weighted by Crippen LogP contribution is 2.27. The molecule has 0 bridgehead atoms. The van der Waals surface area contributed by atoms with Gasteiger partial charge in [-0.15, -0.1) is 0 Å². The number of furan rings is 1. The summed E-state index contributed by atoms with van der Waals surface area (Å²) in [5, 5.41) is 5.01. The zero-order chi connectivity index (χ0) is 24.1. The Kier molecular flexibility index (Phi) is 7.06. The van der Waals surface area contributed by atoms with Crippen molar-refractivity contribution >= 4 is 48.3 Å². The maximum Gasteiger partial charge on any atom is 0.264 e. The number of fused-ring (bicyclic) bond motifs is 1. The molecule has 0 atom stereocenters. The second kappa shape index (κ2) is 10.2. The van der Waals surface area contributed by atoms with Crippen molar-refractivity contribution in [3.05, 3.63) is 66.4 Å². The number of sulfonamides is 1. The Morgan fingerprint density at radius 3 is 2.76 bits per heavy atom. The molecule has 11 heteroatoms. The Morgan fingerprint density at radius 2 is 1.97 bits per heavy atom. The summed E-state index contributed by atoms with van der Waals surface area (Å²) in [5.74, 6) is 0.395. The van der Waals surface area contributed by atoms with Gasteiger partial charge in [-0.2, -0.15) is 5.10 Å². The van der Waals surface area contributed by atoms with Crippen molar-refractivity contribution in [3.8, 4) is 11.3 Å². The maximum atomic E-state index is 12.6. The van der Waals surface area contributed by atoms with E-state index >= 15 is 0 Å².